The van der Waals surface area contributed by atoms with Crippen molar-refractivity contribution in [3.8, 4) is 0 Å². The Kier molecular flexibility index (Phi) is 4.42. The van der Waals surface area contributed by atoms with E-state index in [0.29, 0.717) is 6.04 Å². The molecule has 0 saturated carbocycles. The van der Waals surface area contributed by atoms with Crippen molar-refractivity contribution < 1.29 is 0 Å². The predicted molar refractivity (Wildman–Crippen MR) is 82.4 cm³/mol. The number of nitrogens with one attached hydrogen (secondary N) is 1. The molecule has 0 amide bonds. The van der Waals surface area contributed by atoms with E-state index >= 15 is 0 Å². The van der Waals surface area contributed by atoms with Gasteiger partial charge in [0, 0.05) is 15.3 Å². The summed E-state index contributed by atoms with van der Waals surface area (Å²) in [6, 6.07) is 19.4. The smallest absolute Gasteiger partial charge is 0.0478 e. The maximum absolute atomic E-state index is 3.55. The first kappa shape index (κ1) is 12.4. The number of benzene rings is 2. The zero-order valence-corrected chi connectivity index (χ0v) is 12.0. The molecule has 0 saturated heterocycles. The van der Waals surface area contributed by atoms with Crippen LogP contribution in [0.3, 0.4) is 0 Å². The van der Waals surface area contributed by atoms with Gasteiger partial charge in [-0.15, -0.1) is 0 Å². The molecule has 0 unspecified atom stereocenters. The molecule has 1 atom stereocenters. The Morgan fingerprint density at radius 1 is 1.00 bits per heavy atom. The Balaban J connectivity index is 1.98. The van der Waals surface area contributed by atoms with E-state index < -0.39 is 0 Å². The first-order valence-electron chi connectivity index (χ1n) is 5.80. The van der Waals surface area contributed by atoms with Crippen molar-refractivity contribution >= 4 is 28.3 Å². The van der Waals surface area contributed by atoms with Crippen LogP contribution in [0.5, 0.6) is 0 Å². The molecule has 0 aliphatic rings. The van der Waals surface area contributed by atoms with Crippen LogP contribution in [-0.2, 0) is 6.42 Å². The normalized spacial score (nSPS) is 12.1. The summed E-state index contributed by atoms with van der Waals surface area (Å²) in [6.45, 7) is 2.22. The van der Waals surface area contributed by atoms with Gasteiger partial charge in [-0.25, -0.2) is 0 Å². The summed E-state index contributed by atoms with van der Waals surface area (Å²) in [5, 5.41) is 3.55. The summed E-state index contributed by atoms with van der Waals surface area (Å²) < 4.78 is 1.27. The lowest BCUT2D eigenvalue weighted by Gasteiger charge is -2.16. The van der Waals surface area contributed by atoms with Gasteiger partial charge in [0.25, 0.3) is 0 Å². The third-order valence-electron chi connectivity index (χ3n) is 2.66. The number of hydrogen-bond donors (Lipinski definition) is 1. The molecule has 0 aliphatic carbocycles. The maximum Gasteiger partial charge on any atom is 0.0478 e. The highest BCUT2D eigenvalue weighted by Gasteiger charge is 2.05. The highest BCUT2D eigenvalue weighted by molar-refractivity contribution is 14.1. The van der Waals surface area contributed by atoms with Crippen molar-refractivity contribution in [1.82, 2.24) is 0 Å². The Labute approximate surface area is 116 Å². The van der Waals surface area contributed by atoms with E-state index in [4.69, 9.17) is 0 Å². The predicted octanol–water partition coefficient (Wildman–Crippen LogP) is 4.33. The molecule has 1 N–H and O–H groups in total. The molecule has 17 heavy (non-hydrogen) atoms. The van der Waals surface area contributed by atoms with Crippen molar-refractivity contribution in [2.75, 3.05) is 5.32 Å². The van der Waals surface area contributed by atoms with Crippen LogP contribution in [0.25, 0.3) is 0 Å². The molecule has 0 bridgehead atoms. The lowest BCUT2D eigenvalue weighted by atomic mass is 10.1. The van der Waals surface area contributed by atoms with Gasteiger partial charge >= 0.3 is 0 Å². The second kappa shape index (κ2) is 6.05. The SMILES string of the molecule is C[C@H](Cc1ccccc1)Nc1ccccc1I. The average Bonchev–Trinajstić information content (AvgIpc) is 2.33. The minimum absolute atomic E-state index is 0.438. The van der Waals surface area contributed by atoms with E-state index in [-0.39, 0.29) is 0 Å². The summed E-state index contributed by atoms with van der Waals surface area (Å²) in [4.78, 5) is 0. The molecule has 2 aromatic rings. The van der Waals surface area contributed by atoms with Gasteiger partial charge in [0.15, 0.2) is 0 Å². The summed E-state index contributed by atoms with van der Waals surface area (Å²) in [7, 11) is 0. The van der Waals surface area contributed by atoms with Crippen LogP contribution in [0.15, 0.2) is 54.6 Å². The van der Waals surface area contributed by atoms with Gasteiger partial charge in [0.1, 0.15) is 0 Å². The Bertz CT molecular complexity index is 467. The van der Waals surface area contributed by atoms with E-state index in [1.54, 1.807) is 0 Å². The van der Waals surface area contributed by atoms with Gasteiger partial charge in [-0.1, -0.05) is 42.5 Å². The summed E-state index contributed by atoms with van der Waals surface area (Å²) >= 11 is 2.36. The zero-order valence-electron chi connectivity index (χ0n) is 9.86. The highest BCUT2D eigenvalue weighted by atomic mass is 127. The van der Waals surface area contributed by atoms with Crippen LogP contribution >= 0.6 is 22.6 Å². The topological polar surface area (TPSA) is 12.0 Å². The summed E-state index contributed by atoms with van der Waals surface area (Å²) in [5.74, 6) is 0. The summed E-state index contributed by atoms with van der Waals surface area (Å²) in [6.07, 6.45) is 1.05. The number of para-hydroxylation sites is 1. The van der Waals surface area contributed by atoms with E-state index in [1.165, 1.54) is 14.8 Å². The molecular weight excluding hydrogens is 321 g/mol. The average molecular weight is 337 g/mol. The van der Waals surface area contributed by atoms with E-state index in [1.807, 2.05) is 0 Å². The first-order chi connectivity index (χ1) is 8.25. The van der Waals surface area contributed by atoms with E-state index in [0.717, 1.165) is 6.42 Å². The fraction of sp³-hybridized carbons (Fsp3) is 0.200. The largest absolute Gasteiger partial charge is 0.381 e. The van der Waals surface area contributed by atoms with Gasteiger partial charge < -0.3 is 5.32 Å². The van der Waals surface area contributed by atoms with Crippen LogP contribution < -0.4 is 5.32 Å². The second-order valence-electron chi connectivity index (χ2n) is 4.21. The van der Waals surface area contributed by atoms with Crippen LogP contribution in [-0.4, -0.2) is 6.04 Å². The van der Waals surface area contributed by atoms with Crippen LogP contribution in [0.2, 0.25) is 0 Å². The van der Waals surface area contributed by atoms with Crippen LogP contribution in [0.1, 0.15) is 12.5 Å². The molecule has 1 nitrogen and oxygen atoms in total. The van der Waals surface area contributed by atoms with Crippen LogP contribution in [0.4, 0.5) is 5.69 Å². The number of rotatable bonds is 4. The van der Waals surface area contributed by atoms with Crippen molar-refractivity contribution in [2.24, 2.45) is 0 Å². The third-order valence-corrected chi connectivity index (χ3v) is 3.60. The standard InChI is InChI=1S/C15H16IN/c1-12(11-13-7-3-2-4-8-13)17-15-10-6-5-9-14(15)16/h2-10,12,17H,11H2,1H3/t12-/m1/s1. The van der Waals surface area contributed by atoms with Gasteiger partial charge in [0.2, 0.25) is 0 Å². The lowest BCUT2D eigenvalue weighted by molar-refractivity contribution is 0.789. The second-order valence-corrected chi connectivity index (χ2v) is 5.38. The molecule has 2 aromatic carbocycles. The van der Waals surface area contributed by atoms with Gasteiger partial charge in [-0.05, 0) is 53.6 Å². The monoisotopic (exact) mass is 337 g/mol. The Morgan fingerprint density at radius 2 is 1.65 bits per heavy atom. The molecule has 0 fully saturated rings. The minimum atomic E-state index is 0.438. The molecule has 2 rings (SSSR count). The number of anilines is 1. The van der Waals surface area contributed by atoms with E-state index in [2.05, 4.69) is 89.4 Å². The van der Waals surface area contributed by atoms with Crippen LogP contribution in [0, 0.1) is 3.57 Å². The van der Waals surface area contributed by atoms with Crippen molar-refractivity contribution in [1.29, 1.82) is 0 Å². The van der Waals surface area contributed by atoms with Crippen molar-refractivity contribution in [3.63, 3.8) is 0 Å². The lowest BCUT2D eigenvalue weighted by Crippen LogP contribution is -2.18. The summed E-state index contributed by atoms with van der Waals surface area (Å²) in [5.41, 5.74) is 2.59. The Morgan fingerprint density at radius 3 is 2.35 bits per heavy atom. The van der Waals surface area contributed by atoms with E-state index in [9.17, 15) is 0 Å². The fourth-order valence-electron chi connectivity index (χ4n) is 1.86. The van der Waals surface area contributed by atoms with Gasteiger partial charge in [0.05, 0.1) is 0 Å². The number of hydrogen-bond acceptors (Lipinski definition) is 1. The quantitative estimate of drug-likeness (QED) is 0.819. The molecule has 0 aliphatic heterocycles. The molecule has 0 spiro atoms. The molecule has 0 radical (unpaired) electrons. The highest BCUT2D eigenvalue weighted by Crippen LogP contribution is 2.18. The molecule has 2 heteroatoms. The van der Waals surface area contributed by atoms with Gasteiger partial charge in [-0.3, -0.25) is 0 Å². The van der Waals surface area contributed by atoms with Crippen molar-refractivity contribution in [3.05, 3.63) is 63.7 Å². The molecule has 0 heterocycles. The molecule has 0 aromatic heterocycles. The number of halogens is 1. The first-order valence-corrected chi connectivity index (χ1v) is 6.88. The van der Waals surface area contributed by atoms with Crippen molar-refractivity contribution in [2.45, 2.75) is 19.4 Å². The molecule has 88 valence electrons. The molecular formula is C15H16IN. The zero-order chi connectivity index (χ0) is 12.1. The fourth-order valence-corrected chi connectivity index (χ4v) is 2.41. The third kappa shape index (κ3) is 3.73. The maximum atomic E-state index is 3.55. The van der Waals surface area contributed by atoms with Gasteiger partial charge in [-0.2, -0.15) is 0 Å². The Hall–Kier alpha value is -1.03. The minimum Gasteiger partial charge on any atom is -0.381 e.